The van der Waals surface area contributed by atoms with E-state index in [-0.39, 0.29) is 6.04 Å². The van der Waals surface area contributed by atoms with E-state index in [0.717, 1.165) is 54.5 Å². The Morgan fingerprint density at radius 3 is 2.90 bits per heavy atom. The number of hydrogen-bond acceptors (Lipinski definition) is 7. The van der Waals surface area contributed by atoms with Crippen LogP contribution in [0.3, 0.4) is 0 Å². The molecule has 0 aliphatic carbocycles. The van der Waals surface area contributed by atoms with E-state index in [1.54, 1.807) is 0 Å². The minimum absolute atomic E-state index is 0.177. The highest BCUT2D eigenvalue weighted by molar-refractivity contribution is 5.44. The van der Waals surface area contributed by atoms with Gasteiger partial charge in [0.25, 0.3) is 0 Å². The van der Waals surface area contributed by atoms with Gasteiger partial charge in [0.05, 0.1) is 6.04 Å². The monoisotopic (exact) mass is 288 g/mol. The molecule has 3 rings (SSSR count). The molecule has 112 valence electrons. The van der Waals surface area contributed by atoms with Crippen molar-refractivity contribution in [3.05, 3.63) is 29.0 Å². The Morgan fingerprint density at radius 2 is 2.19 bits per heavy atom. The molecule has 2 N–H and O–H groups in total. The summed E-state index contributed by atoms with van der Waals surface area (Å²) in [7, 11) is 0. The molecule has 0 saturated carbocycles. The molecule has 0 bridgehead atoms. The summed E-state index contributed by atoms with van der Waals surface area (Å²) in [6.45, 7) is 5.38. The molecule has 1 atom stereocenters. The molecule has 21 heavy (non-hydrogen) atoms. The summed E-state index contributed by atoms with van der Waals surface area (Å²) in [5.74, 6) is 1.72. The molecule has 0 radical (unpaired) electrons. The maximum Gasteiger partial charge on any atom is 0.133 e. The highest BCUT2D eigenvalue weighted by Crippen LogP contribution is 2.35. The maximum atomic E-state index is 5.63. The molecule has 0 unspecified atom stereocenters. The predicted molar refractivity (Wildman–Crippen MR) is 77.9 cm³/mol. The molecule has 0 spiro atoms. The van der Waals surface area contributed by atoms with E-state index >= 15 is 0 Å². The molecule has 1 aliphatic rings. The summed E-state index contributed by atoms with van der Waals surface area (Å²) < 4.78 is 4.85. The fourth-order valence-electron chi connectivity index (χ4n) is 2.90. The van der Waals surface area contributed by atoms with E-state index in [1.807, 2.05) is 19.9 Å². The van der Waals surface area contributed by atoms with Crippen LogP contribution in [0.4, 0.5) is 5.82 Å². The third-order valence-corrected chi connectivity index (χ3v) is 3.83. The fourth-order valence-corrected chi connectivity index (χ4v) is 2.90. The van der Waals surface area contributed by atoms with Crippen molar-refractivity contribution < 1.29 is 4.63 Å². The summed E-state index contributed by atoms with van der Waals surface area (Å²) in [5.41, 5.74) is 8.37. The Labute approximate surface area is 123 Å². The molecule has 2 aromatic rings. The normalized spacial score (nSPS) is 18.4. The van der Waals surface area contributed by atoms with Gasteiger partial charge < -0.3 is 10.6 Å². The van der Waals surface area contributed by atoms with Crippen molar-refractivity contribution in [2.45, 2.75) is 39.2 Å². The second-order valence-electron chi connectivity index (χ2n) is 5.39. The zero-order chi connectivity index (χ0) is 14.8. The van der Waals surface area contributed by atoms with Gasteiger partial charge in [0.15, 0.2) is 0 Å². The van der Waals surface area contributed by atoms with Crippen LogP contribution >= 0.6 is 0 Å². The van der Waals surface area contributed by atoms with Gasteiger partial charge in [0.1, 0.15) is 23.0 Å². The molecular weight excluding hydrogens is 268 g/mol. The van der Waals surface area contributed by atoms with Gasteiger partial charge in [-0.05, 0) is 33.2 Å². The minimum atomic E-state index is 0.177. The Kier molecular flexibility index (Phi) is 3.83. The Bertz CT molecular complexity index is 626. The van der Waals surface area contributed by atoms with Crippen LogP contribution in [-0.2, 0) is 6.42 Å². The van der Waals surface area contributed by atoms with E-state index in [4.69, 9.17) is 10.4 Å². The molecule has 7 heteroatoms. The first-order valence-electron chi connectivity index (χ1n) is 7.29. The quantitative estimate of drug-likeness (QED) is 0.906. The average Bonchev–Trinajstić information content (AvgIpc) is 3.06. The van der Waals surface area contributed by atoms with Crippen LogP contribution in [0.5, 0.6) is 0 Å². The lowest BCUT2D eigenvalue weighted by Gasteiger charge is -2.24. The van der Waals surface area contributed by atoms with Gasteiger partial charge in [-0.15, -0.1) is 0 Å². The molecule has 1 aliphatic heterocycles. The number of anilines is 1. The highest BCUT2D eigenvalue weighted by Gasteiger charge is 2.31. The van der Waals surface area contributed by atoms with Gasteiger partial charge in [0, 0.05) is 24.7 Å². The third-order valence-electron chi connectivity index (χ3n) is 3.83. The van der Waals surface area contributed by atoms with Crippen molar-refractivity contribution in [2.75, 3.05) is 18.0 Å². The van der Waals surface area contributed by atoms with Crippen LogP contribution in [0.2, 0.25) is 0 Å². The van der Waals surface area contributed by atoms with Gasteiger partial charge >= 0.3 is 0 Å². The fraction of sp³-hybridized carbons (Fsp3) is 0.571. The first-order chi connectivity index (χ1) is 10.2. The van der Waals surface area contributed by atoms with Gasteiger partial charge in [-0.25, -0.2) is 14.6 Å². The van der Waals surface area contributed by atoms with Crippen LogP contribution in [-0.4, -0.2) is 33.4 Å². The Morgan fingerprint density at radius 1 is 1.33 bits per heavy atom. The number of rotatable bonds is 4. The van der Waals surface area contributed by atoms with Crippen LogP contribution in [0, 0.1) is 13.8 Å². The number of aromatic nitrogens is 4. The van der Waals surface area contributed by atoms with Crippen molar-refractivity contribution >= 4 is 5.82 Å². The zero-order valence-electron chi connectivity index (χ0n) is 12.4. The lowest BCUT2D eigenvalue weighted by atomic mass is 10.1. The largest absolute Gasteiger partial charge is 0.348 e. The average molecular weight is 288 g/mol. The first-order valence-corrected chi connectivity index (χ1v) is 7.29. The van der Waals surface area contributed by atoms with Crippen LogP contribution in [0.15, 0.2) is 10.7 Å². The number of nitrogens with two attached hydrogens (primary N) is 1. The van der Waals surface area contributed by atoms with Crippen molar-refractivity contribution in [1.29, 1.82) is 0 Å². The molecule has 2 aromatic heterocycles. The number of aryl methyl sites for hydroxylation is 2. The van der Waals surface area contributed by atoms with E-state index in [9.17, 15) is 0 Å². The lowest BCUT2D eigenvalue weighted by molar-refractivity contribution is 0.299. The van der Waals surface area contributed by atoms with E-state index in [2.05, 4.69) is 25.2 Å². The van der Waals surface area contributed by atoms with Crippen molar-refractivity contribution in [2.24, 2.45) is 5.73 Å². The van der Waals surface area contributed by atoms with Crippen LogP contribution < -0.4 is 10.6 Å². The molecule has 1 saturated heterocycles. The van der Waals surface area contributed by atoms with Crippen molar-refractivity contribution in [1.82, 2.24) is 20.3 Å². The molecule has 3 heterocycles. The summed E-state index contributed by atoms with van der Waals surface area (Å²) in [5, 5.41) is 7.96. The summed E-state index contributed by atoms with van der Waals surface area (Å²) in [6, 6.07) is 2.21. The molecule has 0 aromatic carbocycles. The van der Waals surface area contributed by atoms with Crippen LogP contribution in [0.25, 0.3) is 0 Å². The zero-order valence-corrected chi connectivity index (χ0v) is 12.4. The first kappa shape index (κ1) is 13.9. The topological polar surface area (TPSA) is 94.0 Å². The maximum absolute atomic E-state index is 5.63. The summed E-state index contributed by atoms with van der Waals surface area (Å²) >= 11 is 0. The van der Waals surface area contributed by atoms with Crippen LogP contribution in [0.1, 0.15) is 41.8 Å². The summed E-state index contributed by atoms with van der Waals surface area (Å²) in [4.78, 5) is 11.3. The molecule has 7 nitrogen and oxygen atoms in total. The minimum Gasteiger partial charge on any atom is -0.348 e. The smallest absolute Gasteiger partial charge is 0.133 e. The SMILES string of the molecule is Cc1nc(CCN)cc(N2CCC[C@H]2c2nonc2C)n1. The van der Waals surface area contributed by atoms with E-state index < -0.39 is 0 Å². The molecule has 0 amide bonds. The second-order valence-corrected chi connectivity index (χ2v) is 5.39. The van der Waals surface area contributed by atoms with Crippen molar-refractivity contribution in [3.8, 4) is 0 Å². The molecule has 1 fully saturated rings. The molecular formula is C14H20N6O. The van der Waals surface area contributed by atoms with Gasteiger partial charge in [-0.1, -0.05) is 10.3 Å². The third kappa shape index (κ3) is 2.73. The van der Waals surface area contributed by atoms with Crippen molar-refractivity contribution in [3.63, 3.8) is 0 Å². The van der Waals surface area contributed by atoms with Gasteiger partial charge in [0.2, 0.25) is 0 Å². The Balaban J connectivity index is 1.93. The van der Waals surface area contributed by atoms with Gasteiger partial charge in [-0.2, -0.15) is 0 Å². The standard InChI is InChI=1S/C14H20N6O/c1-9-14(19-21-18-9)12-4-3-7-20(12)13-8-11(5-6-15)16-10(2)17-13/h8,12H,3-7,15H2,1-2H3/t12-/m0/s1. The second kappa shape index (κ2) is 5.77. The highest BCUT2D eigenvalue weighted by atomic mass is 16.6. The van der Waals surface area contributed by atoms with Gasteiger partial charge in [-0.3, -0.25) is 0 Å². The number of hydrogen-bond donors (Lipinski definition) is 1. The predicted octanol–water partition coefficient (Wildman–Crippen LogP) is 1.32. The lowest BCUT2D eigenvalue weighted by Crippen LogP contribution is -2.25. The summed E-state index contributed by atoms with van der Waals surface area (Å²) in [6.07, 6.45) is 2.90. The number of nitrogens with zero attached hydrogens (tertiary/aromatic N) is 5. The van der Waals surface area contributed by atoms with E-state index in [1.165, 1.54) is 0 Å². The Hall–Kier alpha value is -2.02. The van der Waals surface area contributed by atoms with E-state index in [0.29, 0.717) is 6.54 Å².